The Labute approximate surface area is 170 Å². The number of benzene rings is 2. The Kier molecular flexibility index (Phi) is 6.89. The molecule has 6 nitrogen and oxygen atoms in total. The summed E-state index contributed by atoms with van der Waals surface area (Å²) in [7, 11) is 1.58. The van der Waals surface area contributed by atoms with Gasteiger partial charge in [0.25, 0.3) is 0 Å². The second-order valence-electron chi connectivity index (χ2n) is 5.75. The number of hydrogen-bond donors (Lipinski definition) is 1. The molecule has 0 fully saturated rings. The van der Waals surface area contributed by atoms with Gasteiger partial charge in [0.2, 0.25) is 17.6 Å². The van der Waals surface area contributed by atoms with Crippen molar-refractivity contribution in [1.82, 2.24) is 15.5 Å². The third-order valence-corrected chi connectivity index (χ3v) is 4.96. The number of carbonyl (C=O) groups excluding carboxylic acids is 1. The van der Waals surface area contributed by atoms with Gasteiger partial charge in [-0.2, -0.15) is 4.98 Å². The van der Waals surface area contributed by atoms with Gasteiger partial charge in [0.05, 0.1) is 19.4 Å². The SMILES string of the molecule is COc1cccc(-c2noc(CNC(=O)CSCc3ccc(Cl)cc3F)n2)c1. The van der Waals surface area contributed by atoms with Gasteiger partial charge in [-0.05, 0) is 29.8 Å². The van der Waals surface area contributed by atoms with Crippen LogP contribution in [0.3, 0.4) is 0 Å². The number of aromatic nitrogens is 2. The number of ether oxygens (including phenoxy) is 1. The van der Waals surface area contributed by atoms with Gasteiger partial charge in [0.1, 0.15) is 11.6 Å². The zero-order valence-electron chi connectivity index (χ0n) is 14.9. The summed E-state index contributed by atoms with van der Waals surface area (Å²) >= 11 is 7.02. The number of hydrogen-bond acceptors (Lipinski definition) is 6. The molecule has 2 aromatic carbocycles. The molecule has 0 unspecified atom stereocenters. The molecular formula is C19H17ClFN3O3S. The van der Waals surface area contributed by atoms with E-state index in [1.54, 1.807) is 25.3 Å². The molecule has 1 N–H and O–H groups in total. The van der Waals surface area contributed by atoms with Crippen LogP contribution < -0.4 is 10.1 Å². The minimum Gasteiger partial charge on any atom is -0.497 e. The summed E-state index contributed by atoms with van der Waals surface area (Å²) in [6, 6.07) is 11.8. The highest BCUT2D eigenvalue weighted by Gasteiger charge is 2.11. The van der Waals surface area contributed by atoms with Crippen molar-refractivity contribution >= 4 is 29.3 Å². The Morgan fingerprint density at radius 3 is 2.96 bits per heavy atom. The van der Waals surface area contributed by atoms with Crippen LogP contribution in [0.25, 0.3) is 11.4 Å². The van der Waals surface area contributed by atoms with Gasteiger partial charge in [-0.15, -0.1) is 11.8 Å². The second-order valence-corrected chi connectivity index (χ2v) is 7.17. The first kappa shape index (κ1) is 20.2. The van der Waals surface area contributed by atoms with E-state index in [-0.39, 0.29) is 24.0 Å². The minimum absolute atomic E-state index is 0.117. The Morgan fingerprint density at radius 1 is 1.32 bits per heavy atom. The van der Waals surface area contributed by atoms with Gasteiger partial charge in [-0.3, -0.25) is 4.79 Å². The van der Waals surface area contributed by atoms with E-state index in [1.165, 1.54) is 17.8 Å². The van der Waals surface area contributed by atoms with Gasteiger partial charge in [0, 0.05) is 16.3 Å². The smallest absolute Gasteiger partial charge is 0.246 e. The summed E-state index contributed by atoms with van der Waals surface area (Å²) in [6.07, 6.45) is 0. The molecule has 9 heteroatoms. The molecule has 0 radical (unpaired) electrons. The second kappa shape index (κ2) is 9.57. The fraction of sp³-hybridized carbons (Fsp3) is 0.211. The van der Waals surface area contributed by atoms with Crippen molar-refractivity contribution in [3.05, 3.63) is 64.8 Å². The molecule has 1 heterocycles. The monoisotopic (exact) mass is 421 g/mol. The maximum absolute atomic E-state index is 13.7. The van der Waals surface area contributed by atoms with Crippen molar-refractivity contribution in [2.24, 2.45) is 0 Å². The van der Waals surface area contributed by atoms with Crippen LogP contribution in [0.4, 0.5) is 4.39 Å². The summed E-state index contributed by atoms with van der Waals surface area (Å²) in [5.74, 6) is 1.36. The quantitative estimate of drug-likeness (QED) is 0.590. The van der Waals surface area contributed by atoms with Crippen molar-refractivity contribution in [2.75, 3.05) is 12.9 Å². The number of rotatable bonds is 8. The molecule has 0 saturated carbocycles. The molecule has 1 aromatic heterocycles. The minimum atomic E-state index is -0.378. The predicted octanol–water partition coefficient (Wildman–Crippen LogP) is 4.09. The summed E-state index contributed by atoms with van der Waals surface area (Å²) < 4.78 is 24.0. The molecule has 0 saturated heterocycles. The Bertz CT molecular complexity index is 967. The van der Waals surface area contributed by atoms with Gasteiger partial charge in [0.15, 0.2) is 0 Å². The van der Waals surface area contributed by atoms with E-state index in [2.05, 4.69) is 15.5 Å². The fourth-order valence-electron chi connectivity index (χ4n) is 2.32. The van der Waals surface area contributed by atoms with E-state index in [0.717, 1.165) is 5.56 Å². The Hall–Kier alpha value is -2.58. The van der Waals surface area contributed by atoms with Crippen molar-refractivity contribution in [3.8, 4) is 17.1 Å². The summed E-state index contributed by atoms with van der Waals surface area (Å²) in [4.78, 5) is 16.2. The van der Waals surface area contributed by atoms with Gasteiger partial charge in [-0.25, -0.2) is 4.39 Å². The number of methoxy groups -OCH3 is 1. The highest BCUT2D eigenvalue weighted by molar-refractivity contribution is 7.99. The van der Waals surface area contributed by atoms with E-state index in [9.17, 15) is 9.18 Å². The third kappa shape index (κ3) is 5.46. The van der Waals surface area contributed by atoms with E-state index < -0.39 is 0 Å². The first-order chi connectivity index (χ1) is 13.5. The van der Waals surface area contributed by atoms with Crippen LogP contribution in [0.2, 0.25) is 5.02 Å². The molecule has 0 aliphatic heterocycles. The van der Waals surface area contributed by atoms with E-state index in [4.69, 9.17) is 20.9 Å². The summed E-state index contributed by atoms with van der Waals surface area (Å²) in [5, 5.41) is 6.95. The lowest BCUT2D eigenvalue weighted by Gasteiger charge is -2.04. The molecule has 146 valence electrons. The van der Waals surface area contributed by atoms with E-state index in [1.807, 2.05) is 18.2 Å². The predicted molar refractivity (Wildman–Crippen MR) is 106 cm³/mol. The maximum Gasteiger partial charge on any atom is 0.246 e. The average Bonchev–Trinajstić information content (AvgIpc) is 3.17. The number of amides is 1. The molecule has 0 atom stereocenters. The number of carbonyl (C=O) groups is 1. The molecule has 3 rings (SSSR count). The van der Waals surface area contributed by atoms with Crippen LogP contribution in [0, 0.1) is 5.82 Å². The van der Waals surface area contributed by atoms with Crippen molar-refractivity contribution in [3.63, 3.8) is 0 Å². The topological polar surface area (TPSA) is 77.3 Å². The number of halogens is 2. The summed E-state index contributed by atoms with van der Waals surface area (Å²) in [6.45, 7) is 0.117. The molecule has 0 spiro atoms. The molecule has 28 heavy (non-hydrogen) atoms. The normalized spacial score (nSPS) is 10.7. The first-order valence-electron chi connectivity index (χ1n) is 8.30. The number of thioether (sulfide) groups is 1. The number of nitrogens with zero attached hydrogens (tertiary/aromatic N) is 2. The van der Waals surface area contributed by atoms with Crippen molar-refractivity contribution in [1.29, 1.82) is 0 Å². The highest BCUT2D eigenvalue weighted by atomic mass is 35.5. The zero-order valence-corrected chi connectivity index (χ0v) is 16.5. The summed E-state index contributed by atoms with van der Waals surface area (Å²) in [5.41, 5.74) is 1.25. The first-order valence-corrected chi connectivity index (χ1v) is 9.84. The van der Waals surface area contributed by atoms with Crippen molar-refractivity contribution in [2.45, 2.75) is 12.3 Å². The van der Waals surface area contributed by atoms with Crippen LogP contribution in [0.1, 0.15) is 11.5 Å². The van der Waals surface area contributed by atoms with Gasteiger partial charge < -0.3 is 14.6 Å². The Balaban J connectivity index is 1.46. The standard InChI is InChI=1S/C19H17ClFN3O3S/c1-26-15-4-2-3-12(7-15)19-23-18(27-24-19)9-22-17(25)11-28-10-13-5-6-14(20)8-16(13)21/h2-8H,9-11H2,1H3,(H,22,25). The molecule has 0 aliphatic rings. The lowest BCUT2D eigenvalue weighted by atomic mass is 10.2. The van der Waals surface area contributed by atoms with Crippen LogP contribution in [-0.4, -0.2) is 28.9 Å². The van der Waals surface area contributed by atoms with Crippen LogP contribution in [-0.2, 0) is 17.1 Å². The molecule has 0 bridgehead atoms. The molecule has 1 amide bonds. The molecule has 3 aromatic rings. The average molecular weight is 422 g/mol. The lowest BCUT2D eigenvalue weighted by Crippen LogP contribution is -2.24. The zero-order chi connectivity index (χ0) is 19.9. The van der Waals surface area contributed by atoms with E-state index in [0.29, 0.717) is 33.8 Å². The highest BCUT2D eigenvalue weighted by Crippen LogP contribution is 2.21. The van der Waals surface area contributed by atoms with Crippen molar-refractivity contribution < 1.29 is 18.4 Å². The number of nitrogens with one attached hydrogen (secondary N) is 1. The fourth-order valence-corrected chi connectivity index (χ4v) is 3.33. The Morgan fingerprint density at radius 2 is 2.18 bits per heavy atom. The van der Waals surface area contributed by atoms with Crippen LogP contribution in [0.5, 0.6) is 5.75 Å². The maximum atomic E-state index is 13.7. The largest absolute Gasteiger partial charge is 0.497 e. The van der Waals surface area contributed by atoms with Gasteiger partial charge in [-0.1, -0.05) is 35.0 Å². The van der Waals surface area contributed by atoms with Crippen LogP contribution in [0.15, 0.2) is 47.0 Å². The third-order valence-electron chi connectivity index (χ3n) is 3.74. The molecular weight excluding hydrogens is 405 g/mol. The molecule has 0 aliphatic carbocycles. The van der Waals surface area contributed by atoms with E-state index >= 15 is 0 Å². The van der Waals surface area contributed by atoms with Gasteiger partial charge >= 0.3 is 0 Å². The van der Waals surface area contributed by atoms with Crippen LogP contribution >= 0.6 is 23.4 Å². The lowest BCUT2D eigenvalue weighted by molar-refractivity contribution is -0.118.